The lowest BCUT2D eigenvalue weighted by Crippen LogP contribution is -2.58. The van der Waals surface area contributed by atoms with E-state index in [4.69, 9.17) is 0 Å². The van der Waals surface area contributed by atoms with Crippen LogP contribution in [0.1, 0.15) is 38.7 Å². The van der Waals surface area contributed by atoms with Crippen LogP contribution in [-0.2, 0) is 6.54 Å². The number of nitrogens with zero attached hydrogens (tertiary/aromatic N) is 1. The number of piperidine rings is 1. The third-order valence-corrected chi connectivity index (χ3v) is 5.69. The molecule has 1 aliphatic heterocycles. The first-order valence-corrected chi connectivity index (χ1v) is 8.67. The summed E-state index contributed by atoms with van der Waals surface area (Å²) in [6.45, 7) is 8.34. The molecule has 2 fully saturated rings. The van der Waals surface area contributed by atoms with Crippen molar-refractivity contribution < 1.29 is 0 Å². The summed E-state index contributed by atoms with van der Waals surface area (Å²) in [6.07, 6.45) is 4.28. The van der Waals surface area contributed by atoms with E-state index >= 15 is 0 Å². The van der Waals surface area contributed by atoms with Crippen molar-refractivity contribution in [2.24, 2.45) is 11.8 Å². The van der Waals surface area contributed by atoms with Crippen LogP contribution in [0.4, 0.5) is 0 Å². The zero-order valence-electron chi connectivity index (χ0n) is 12.1. The van der Waals surface area contributed by atoms with Gasteiger partial charge in [-0.05, 0) is 60.9 Å². The lowest BCUT2D eigenvalue weighted by Gasteiger charge is -2.49. The number of hydrogen-bond donors (Lipinski definition) is 1. The highest BCUT2D eigenvalue weighted by Gasteiger charge is 2.39. The number of rotatable bonds is 4. The van der Waals surface area contributed by atoms with Crippen LogP contribution in [0.3, 0.4) is 0 Å². The van der Waals surface area contributed by atoms with Gasteiger partial charge >= 0.3 is 0 Å². The molecule has 0 amide bonds. The summed E-state index contributed by atoms with van der Waals surface area (Å²) in [5.74, 6) is 1.74. The second-order valence-electron chi connectivity index (χ2n) is 6.54. The van der Waals surface area contributed by atoms with Gasteiger partial charge in [-0.25, -0.2) is 0 Å². The first-order valence-electron chi connectivity index (χ1n) is 7.72. The van der Waals surface area contributed by atoms with Gasteiger partial charge in [0.1, 0.15) is 0 Å². The maximum atomic E-state index is 3.87. The van der Waals surface area contributed by atoms with Gasteiger partial charge < -0.3 is 10.2 Å². The van der Waals surface area contributed by atoms with Crippen molar-refractivity contribution in [3.8, 4) is 0 Å². The Kier molecular flexibility index (Phi) is 4.25. The van der Waals surface area contributed by atoms with Gasteiger partial charge in [0.2, 0.25) is 0 Å². The van der Waals surface area contributed by atoms with Gasteiger partial charge in [-0.15, -0.1) is 0 Å². The summed E-state index contributed by atoms with van der Waals surface area (Å²) in [6, 6.07) is 3.71. The molecule has 2 bridgehead atoms. The highest BCUT2D eigenvalue weighted by Crippen LogP contribution is 2.35. The molecule has 1 N–H and O–H groups in total. The second kappa shape index (κ2) is 5.94. The van der Waals surface area contributed by atoms with Crippen LogP contribution in [0.25, 0.3) is 0 Å². The molecule has 1 aliphatic carbocycles. The van der Waals surface area contributed by atoms with Crippen LogP contribution in [0.5, 0.6) is 0 Å². The zero-order chi connectivity index (χ0) is 13.2. The Labute approximate surface area is 121 Å². The molecular weight excluding hydrogens is 252 g/mol. The predicted octanol–water partition coefficient (Wildman–Crippen LogP) is 3.35. The summed E-state index contributed by atoms with van der Waals surface area (Å²) in [4.78, 5) is 2.69. The van der Waals surface area contributed by atoms with E-state index in [-0.39, 0.29) is 0 Å². The van der Waals surface area contributed by atoms with Gasteiger partial charge in [-0.1, -0.05) is 6.42 Å². The Morgan fingerprint density at radius 2 is 2.05 bits per heavy atom. The van der Waals surface area contributed by atoms with Gasteiger partial charge in [0.25, 0.3) is 0 Å². The van der Waals surface area contributed by atoms with Crippen molar-refractivity contribution in [1.82, 2.24) is 10.2 Å². The Hall–Kier alpha value is -0.380. The summed E-state index contributed by atoms with van der Waals surface area (Å²) >= 11 is 1.80. The van der Waals surface area contributed by atoms with E-state index in [1.54, 1.807) is 11.3 Å². The number of nitrogens with one attached hydrogen (secondary N) is 1. The lowest BCUT2D eigenvalue weighted by molar-refractivity contribution is 0.0290. The van der Waals surface area contributed by atoms with Gasteiger partial charge in [0.15, 0.2) is 0 Å². The Morgan fingerprint density at radius 3 is 2.63 bits per heavy atom. The Balaban J connectivity index is 1.62. The molecule has 1 aromatic heterocycles. The van der Waals surface area contributed by atoms with Gasteiger partial charge in [0, 0.05) is 31.7 Å². The highest BCUT2D eigenvalue weighted by atomic mass is 32.1. The van der Waals surface area contributed by atoms with Crippen molar-refractivity contribution in [2.75, 3.05) is 13.1 Å². The van der Waals surface area contributed by atoms with Crippen molar-refractivity contribution in [2.45, 2.75) is 51.7 Å². The Bertz CT molecular complexity index is 373. The molecule has 106 valence electrons. The topological polar surface area (TPSA) is 15.3 Å². The summed E-state index contributed by atoms with van der Waals surface area (Å²) in [7, 11) is 0. The number of hydrogen-bond acceptors (Lipinski definition) is 3. The first kappa shape index (κ1) is 13.6. The van der Waals surface area contributed by atoms with Gasteiger partial charge in [-0.3, -0.25) is 0 Å². The maximum Gasteiger partial charge on any atom is 0.0216 e. The SMILES string of the molecule is CC(C)N1CC2CCCC(C1)C2NCc1ccsc1. The van der Waals surface area contributed by atoms with E-state index in [0.717, 1.165) is 24.4 Å². The van der Waals surface area contributed by atoms with Crippen LogP contribution < -0.4 is 5.32 Å². The molecule has 2 atom stereocenters. The molecule has 3 rings (SSSR count). The summed E-state index contributed by atoms with van der Waals surface area (Å²) in [5.41, 5.74) is 1.45. The number of likely N-dealkylation sites (tertiary alicyclic amines) is 1. The molecule has 2 heterocycles. The molecule has 1 saturated carbocycles. The van der Waals surface area contributed by atoms with E-state index in [0.29, 0.717) is 6.04 Å². The molecule has 19 heavy (non-hydrogen) atoms. The monoisotopic (exact) mass is 278 g/mol. The molecule has 0 aromatic carbocycles. The van der Waals surface area contributed by atoms with Gasteiger partial charge in [0.05, 0.1) is 0 Å². The highest BCUT2D eigenvalue weighted by molar-refractivity contribution is 7.07. The largest absolute Gasteiger partial charge is 0.309 e. The van der Waals surface area contributed by atoms with E-state index in [1.807, 2.05) is 0 Å². The molecule has 1 saturated heterocycles. The Morgan fingerprint density at radius 1 is 1.32 bits per heavy atom. The normalized spacial score (nSPS) is 31.8. The zero-order valence-corrected chi connectivity index (χ0v) is 13.0. The maximum absolute atomic E-state index is 3.87. The fraction of sp³-hybridized carbons (Fsp3) is 0.750. The third-order valence-electron chi connectivity index (χ3n) is 4.96. The molecule has 1 aromatic rings. The van der Waals surface area contributed by atoms with Crippen molar-refractivity contribution in [3.05, 3.63) is 22.4 Å². The lowest BCUT2D eigenvalue weighted by atomic mass is 9.73. The van der Waals surface area contributed by atoms with E-state index in [1.165, 1.54) is 37.9 Å². The predicted molar refractivity (Wildman–Crippen MR) is 82.5 cm³/mol. The fourth-order valence-corrected chi connectivity index (χ4v) is 4.53. The molecule has 3 heteroatoms. The average Bonchev–Trinajstić information content (AvgIpc) is 2.88. The number of thiophene rings is 1. The first-order chi connectivity index (χ1) is 9.24. The molecule has 2 unspecified atom stereocenters. The van der Waals surface area contributed by atoms with Crippen LogP contribution in [0.15, 0.2) is 16.8 Å². The van der Waals surface area contributed by atoms with E-state index < -0.39 is 0 Å². The summed E-state index contributed by atoms with van der Waals surface area (Å²) in [5, 5.41) is 8.32. The fourth-order valence-electron chi connectivity index (χ4n) is 3.86. The third kappa shape index (κ3) is 3.04. The standard InChI is InChI=1S/C16H26N2S/c1-12(2)18-9-14-4-3-5-15(10-18)16(14)17-8-13-6-7-19-11-13/h6-7,11-12,14-17H,3-5,8-10H2,1-2H3. The smallest absolute Gasteiger partial charge is 0.0216 e. The molecular formula is C16H26N2S. The molecule has 0 spiro atoms. The minimum Gasteiger partial charge on any atom is -0.309 e. The van der Waals surface area contributed by atoms with Crippen LogP contribution >= 0.6 is 11.3 Å². The van der Waals surface area contributed by atoms with Crippen LogP contribution in [0.2, 0.25) is 0 Å². The van der Waals surface area contributed by atoms with Crippen LogP contribution in [0, 0.1) is 11.8 Å². The van der Waals surface area contributed by atoms with Crippen LogP contribution in [-0.4, -0.2) is 30.1 Å². The average molecular weight is 278 g/mol. The van der Waals surface area contributed by atoms with Crippen molar-refractivity contribution in [3.63, 3.8) is 0 Å². The minimum atomic E-state index is 0.709. The molecule has 2 nitrogen and oxygen atoms in total. The van der Waals surface area contributed by atoms with Crippen molar-refractivity contribution >= 4 is 11.3 Å². The minimum absolute atomic E-state index is 0.709. The quantitative estimate of drug-likeness (QED) is 0.908. The van der Waals surface area contributed by atoms with Gasteiger partial charge in [-0.2, -0.15) is 11.3 Å². The summed E-state index contributed by atoms with van der Waals surface area (Å²) < 4.78 is 0. The number of fused-ring (bicyclic) bond motifs is 2. The van der Waals surface area contributed by atoms with E-state index in [2.05, 4.69) is 40.9 Å². The van der Waals surface area contributed by atoms with Crippen molar-refractivity contribution in [1.29, 1.82) is 0 Å². The second-order valence-corrected chi connectivity index (χ2v) is 7.32. The molecule has 2 aliphatic rings. The molecule has 0 radical (unpaired) electrons. The van der Waals surface area contributed by atoms with E-state index in [9.17, 15) is 0 Å².